The van der Waals surface area contributed by atoms with Crippen LogP contribution in [0.25, 0.3) is 0 Å². The van der Waals surface area contributed by atoms with E-state index in [2.05, 4.69) is 15.6 Å². The summed E-state index contributed by atoms with van der Waals surface area (Å²) in [5.41, 5.74) is 0. The van der Waals surface area contributed by atoms with Crippen molar-refractivity contribution < 1.29 is 9.53 Å². The van der Waals surface area contributed by atoms with Crippen LogP contribution in [0.3, 0.4) is 0 Å². The molecule has 0 saturated carbocycles. The van der Waals surface area contributed by atoms with E-state index in [4.69, 9.17) is 4.74 Å². The molecular weight excluding hydrogens is 206 g/mol. The van der Waals surface area contributed by atoms with Gasteiger partial charge in [-0.2, -0.15) is 4.98 Å². The molecule has 1 saturated heterocycles. The summed E-state index contributed by atoms with van der Waals surface area (Å²) in [6.07, 6.45) is 1.83. The Bertz CT molecular complexity index is 381. The average Bonchev–Trinajstić information content (AvgIpc) is 2.32. The maximum absolute atomic E-state index is 11.5. The molecule has 1 aromatic rings. The minimum absolute atomic E-state index is 0.0378. The summed E-state index contributed by atoms with van der Waals surface area (Å²) in [5, 5.41) is 5.92. The molecular formula is C11H15N3O2. The molecule has 1 aromatic heterocycles. The van der Waals surface area contributed by atoms with E-state index >= 15 is 0 Å². The SMILES string of the molecule is COc1cccc(NC2CCCNC2=O)n1. The Balaban J connectivity index is 2.04. The van der Waals surface area contributed by atoms with Gasteiger partial charge in [0.15, 0.2) is 0 Å². The first-order valence-electron chi connectivity index (χ1n) is 5.35. The summed E-state index contributed by atoms with van der Waals surface area (Å²) in [7, 11) is 1.57. The largest absolute Gasteiger partial charge is 0.481 e. The highest BCUT2D eigenvalue weighted by molar-refractivity contribution is 5.84. The van der Waals surface area contributed by atoms with E-state index < -0.39 is 0 Å². The molecule has 1 aliphatic rings. The zero-order valence-electron chi connectivity index (χ0n) is 9.19. The summed E-state index contributed by atoms with van der Waals surface area (Å²) in [6.45, 7) is 0.766. The van der Waals surface area contributed by atoms with Crippen molar-refractivity contribution >= 4 is 11.7 Å². The Morgan fingerprint density at radius 1 is 1.56 bits per heavy atom. The molecule has 1 aliphatic heterocycles. The molecule has 0 aliphatic carbocycles. The monoisotopic (exact) mass is 221 g/mol. The quantitative estimate of drug-likeness (QED) is 0.791. The minimum atomic E-state index is -0.187. The van der Waals surface area contributed by atoms with Crippen LogP contribution in [0, 0.1) is 0 Å². The second-order valence-corrected chi connectivity index (χ2v) is 3.70. The molecule has 0 bridgehead atoms. The van der Waals surface area contributed by atoms with Crippen LogP contribution in [-0.4, -0.2) is 30.6 Å². The van der Waals surface area contributed by atoms with E-state index in [-0.39, 0.29) is 11.9 Å². The normalized spacial score (nSPS) is 20.1. The van der Waals surface area contributed by atoms with Gasteiger partial charge in [0.1, 0.15) is 11.9 Å². The summed E-state index contributed by atoms with van der Waals surface area (Å²) < 4.78 is 5.02. The van der Waals surface area contributed by atoms with Gasteiger partial charge in [-0.05, 0) is 18.9 Å². The Morgan fingerprint density at radius 3 is 3.19 bits per heavy atom. The third kappa shape index (κ3) is 2.42. The standard InChI is InChI=1S/C11H15N3O2/c1-16-10-6-2-5-9(14-10)13-8-4-3-7-12-11(8)15/h2,5-6,8H,3-4,7H2,1H3,(H,12,15)(H,13,14). The van der Waals surface area contributed by atoms with Crippen LogP contribution in [0.5, 0.6) is 5.88 Å². The number of anilines is 1. The van der Waals surface area contributed by atoms with Gasteiger partial charge in [0, 0.05) is 12.6 Å². The summed E-state index contributed by atoms with van der Waals surface area (Å²) in [6, 6.07) is 5.25. The number of ether oxygens (including phenoxy) is 1. The van der Waals surface area contributed by atoms with Gasteiger partial charge >= 0.3 is 0 Å². The number of nitrogens with zero attached hydrogens (tertiary/aromatic N) is 1. The molecule has 0 radical (unpaired) electrons. The van der Waals surface area contributed by atoms with Gasteiger partial charge in [-0.15, -0.1) is 0 Å². The van der Waals surface area contributed by atoms with Gasteiger partial charge in [-0.1, -0.05) is 6.07 Å². The predicted octanol–water partition coefficient (Wildman–Crippen LogP) is 0.781. The molecule has 86 valence electrons. The van der Waals surface area contributed by atoms with Crippen LogP contribution in [0.4, 0.5) is 5.82 Å². The second-order valence-electron chi connectivity index (χ2n) is 3.70. The molecule has 0 aromatic carbocycles. The summed E-state index contributed by atoms with van der Waals surface area (Å²) in [5.74, 6) is 1.25. The minimum Gasteiger partial charge on any atom is -0.481 e. The Kier molecular flexibility index (Phi) is 3.24. The predicted molar refractivity (Wildman–Crippen MR) is 60.4 cm³/mol. The smallest absolute Gasteiger partial charge is 0.242 e. The van der Waals surface area contributed by atoms with Crippen LogP contribution < -0.4 is 15.4 Å². The number of rotatable bonds is 3. The lowest BCUT2D eigenvalue weighted by molar-refractivity contribution is -0.123. The molecule has 1 amide bonds. The lowest BCUT2D eigenvalue weighted by Gasteiger charge is -2.23. The van der Waals surface area contributed by atoms with Crippen molar-refractivity contribution in [3.8, 4) is 5.88 Å². The number of amides is 1. The number of aromatic nitrogens is 1. The van der Waals surface area contributed by atoms with Gasteiger partial charge in [0.2, 0.25) is 11.8 Å². The maximum Gasteiger partial charge on any atom is 0.242 e. The van der Waals surface area contributed by atoms with Gasteiger partial charge in [0.05, 0.1) is 7.11 Å². The molecule has 5 heteroatoms. The third-order valence-corrected chi connectivity index (χ3v) is 2.54. The van der Waals surface area contributed by atoms with Crippen LogP contribution >= 0.6 is 0 Å². The van der Waals surface area contributed by atoms with E-state index in [0.29, 0.717) is 11.7 Å². The molecule has 1 unspecified atom stereocenters. The highest BCUT2D eigenvalue weighted by Crippen LogP contribution is 2.14. The van der Waals surface area contributed by atoms with Crippen molar-refractivity contribution in [2.24, 2.45) is 0 Å². The zero-order chi connectivity index (χ0) is 11.4. The zero-order valence-corrected chi connectivity index (χ0v) is 9.19. The topological polar surface area (TPSA) is 63.2 Å². The lowest BCUT2D eigenvalue weighted by atomic mass is 10.1. The molecule has 5 nitrogen and oxygen atoms in total. The van der Waals surface area contributed by atoms with Gasteiger partial charge in [-0.25, -0.2) is 0 Å². The van der Waals surface area contributed by atoms with Gasteiger partial charge in [-0.3, -0.25) is 4.79 Å². The molecule has 0 spiro atoms. The van der Waals surface area contributed by atoms with Crippen LogP contribution in [-0.2, 0) is 4.79 Å². The Hall–Kier alpha value is -1.78. The Labute approximate surface area is 94.2 Å². The molecule has 16 heavy (non-hydrogen) atoms. The van der Waals surface area contributed by atoms with E-state index in [9.17, 15) is 4.79 Å². The van der Waals surface area contributed by atoms with Gasteiger partial charge < -0.3 is 15.4 Å². The van der Waals surface area contributed by atoms with E-state index in [0.717, 1.165) is 19.4 Å². The number of methoxy groups -OCH3 is 1. The molecule has 2 rings (SSSR count). The van der Waals surface area contributed by atoms with Crippen molar-refractivity contribution in [2.45, 2.75) is 18.9 Å². The maximum atomic E-state index is 11.5. The number of piperidine rings is 1. The fraction of sp³-hybridized carbons (Fsp3) is 0.455. The molecule has 1 atom stereocenters. The number of hydrogen-bond donors (Lipinski definition) is 2. The lowest BCUT2D eigenvalue weighted by Crippen LogP contribution is -2.44. The summed E-state index contributed by atoms with van der Waals surface area (Å²) in [4.78, 5) is 15.7. The molecule has 2 N–H and O–H groups in total. The Morgan fingerprint density at radius 2 is 2.44 bits per heavy atom. The first-order chi connectivity index (χ1) is 7.79. The van der Waals surface area contributed by atoms with E-state index in [1.165, 1.54) is 0 Å². The van der Waals surface area contributed by atoms with Crippen molar-refractivity contribution in [3.05, 3.63) is 18.2 Å². The van der Waals surface area contributed by atoms with Crippen molar-refractivity contribution in [2.75, 3.05) is 19.0 Å². The second kappa shape index (κ2) is 4.83. The fourth-order valence-corrected chi connectivity index (χ4v) is 1.70. The first kappa shape index (κ1) is 10.7. The van der Waals surface area contributed by atoms with Crippen molar-refractivity contribution in [1.82, 2.24) is 10.3 Å². The average molecular weight is 221 g/mol. The fourth-order valence-electron chi connectivity index (χ4n) is 1.70. The molecule has 2 heterocycles. The third-order valence-electron chi connectivity index (χ3n) is 2.54. The number of hydrogen-bond acceptors (Lipinski definition) is 4. The van der Waals surface area contributed by atoms with Crippen molar-refractivity contribution in [3.63, 3.8) is 0 Å². The highest BCUT2D eigenvalue weighted by Gasteiger charge is 2.21. The van der Waals surface area contributed by atoms with Gasteiger partial charge in [0.25, 0.3) is 0 Å². The number of carbonyl (C=O) groups excluding carboxylic acids is 1. The van der Waals surface area contributed by atoms with Crippen LogP contribution in [0.1, 0.15) is 12.8 Å². The van der Waals surface area contributed by atoms with Crippen LogP contribution in [0.2, 0.25) is 0 Å². The van der Waals surface area contributed by atoms with E-state index in [1.807, 2.05) is 12.1 Å². The first-order valence-corrected chi connectivity index (χ1v) is 5.35. The molecule has 1 fully saturated rings. The van der Waals surface area contributed by atoms with E-state index in [1.54, 1.807) is 13.2 Å². The van der Waals surface area contributed by atoms with Crippen molar-refractivity contribution in [1.29, 1.82) is 0 Å². The highest BCUT2D eigenvalue weighted by atomic mass is 16.5. The van der Waals surface area contributed by atoms with Crippen LogP contribution in [0.15, 0.2) is 18.2 Å². The summed E-state index contributed by atoms with van der Waals surface area (Å²) >= 11 is 0. The number of nitrogens with one attached hydrogen (secondary N) is 2. The number of carbonyl (C=O) groups is 1. The number of pyridine rings is 1.